The Bertz CT molecular complexity index is 606. The highest BCUT2D eigenvalue weighted by Gasteiger charge is 2.30. The molecule has 0 saturated heterocycles. The SMILES string of the molecule is Fc1ccc(Cl)cc1NC1CC(c2ccc(Cl)cc2)C1. The van der Waals surface area contributed by atoms with Crippen LogP contribution in [0.15, 0.2) is 42.5 Å². The Morgan fingerprint density at radius 1 is 0.950 bits per heavy atom. The Balaban J connectivity index is 1.60. The fourth-order valence-corrected chi connectivity index (χ4v) is 2.87. The van der Waals surface area contributed by atoms with Crippen molar-refractivity contribution >= 4 is 28.9 Å². The summed E-state index contributed by atoms with van der Waals surface area (Å²) < 4.78 is 13.6. The van der Waals surface area contributed by atoms with Gasteiger partial charge in [-0.15, -0.1) is 0 Å². The third-order valence-corrected chi connectivity index (χ3v) is 4.25. The lowest BCUT2D eigenvalue weighted by molar-refractivity contribution is 0.373. The first kappa shape index (κ1) is 13.7. The first-order valence-corrected chi connectivity index (χ1v) is 7.34. The van der Waals surface area contributed by atoms with E-state index in [9.17, 15) is 4.39 Å². The number of nitrogens with one attached hydrogen (secondary N) is 1. The van der Waals surface area contributed by atoms with Crippen LogP contribution in [0.1, 0.15) is 24.3 Å². The Morgan fingerprint density at radius 2 is 1.60 bits per heavy atom. The number of halogens is 3. The molecule has 20 heavy (non-hydrogen) atoms. The molecule has 3 rings (SSSR count). The van der Waals surface area contributed by atoms with E-state index in [1.54, 1.807) is 12.1 Å². The zero-order valence-electron chi connectivity index (χ0n) is 10.7. The van der Waals surface area contributed by atoms with Gasteiger partial charge in [-0.05, 0) is 54.7 Å². The Labute approximate surface area is 127 Å². The summed E-state index contributed by atoms with van der Waals surface area (Å²) in [5.74, 6) is 0.261. The highest BCUT2D eigenvalue weighted by Crippen LogP contribution is 2.39. The summed E-state index contributed by atoms with van der Waals surface area (Å²) >= 11 is 11.8. The fourth-order valence-electron chi connectivity index (χ4n) is 2.57. The summed E-state index contributed by atoms with van der Waals surface area (Å²) in [7, 11) is 0. The van der Waals surface area contributed by atoms with Crippen molar-refractivity contribution in [3.05, 3.63) is 63.9 Å². The molecule has 104 valence electrons. The largest absolute Gasteiger partial charge is 0.380 e. The second-order valence-electron chi connectivity index (χ2n) is 5.19. The van der Waals surface area contributed by atoms with Crippen molar-refractivity contribution in [2.75, 3.05) is 5.32 Å². The first-order chi connectivity index (χ1) is 9.61. The lowest BCUT2D eigenvalue weighted by Crippen LogP contribution is -2.34. The molecule has 0 atom stereocenters. The molecule has 4 heteroatoms. The van der Waals surface area contributed by atoms with Crippen LogP contribution in [0.2, 0.25) is 10.0 Å². The lowest BCUT2D eigenvalue weighted by atomic mass is 9.76. The summed E-state index contributed by atoms with van der Waals surface area (Å²) in [5.41, 5.74) is 1.77. The summed E-state index contributed by atoms with van der Waals surface area (Å²) in [6.07, 6.45) is 1.99. The number of hydrogen-bond acceptors (Lipinski definition) is 1. The van der Waals surface area contributed by atoms with Gasteiger partial charge in [-0.3, -0.25) is 0 Å². The van der Waals surface area contributed by atoms with Crippen LogP contribution >= 0.6 is 23.2 Å². The van der Waals surface area contributed by atoms with Crippen LogP contribution < -0.4 is 5.32 Å². The molecule has 0 bridgehead atoms. The minimum atomic E-state index is -0.260. The van der Waals surface area contributed by atoms with Crippen LogP contribution in [-0.2, 0) is 0 Å². The van der Waals surface area contributed by atoms with E-state index in [-0.39, 0.29) is 5.82 Å². The molecule has 0 heterocycles. The van der Waals surface area contributed by atoms with Crippen molar-refractivity contribution < 1.29 is 4.39 Å². The van der Waals surface area contributed by atoms with Gasteiger partial charge in [0, 0.05) is 16.1 Å². The average Bonchev–Trinajstić information content (AvgIpc) is 2.39. The minimum Gasteiger partial charge on any atom is -0.380 e. The molecule has 2 aromatic rings. The zero-order chi connectivity index (χ0) is 14.1. The number of rotatable bonds is 3. The van der Waals surface area contributed by atoms with Gasteiger partial charge in [-0.1, -0.05) is 35.3 Å². The smallest absolute Gasteiger partial charge is 0.146 e. The van der Waals surface area contributed by atoms with E-state index in [1.165, 1.54) is 11.6 Å². The molecule has 2 aromatic carbocycles. The summed E-state index contributed by atoms with van der Waals surface area (Å²) in [6, 6.07) is 12.8. The molecule has 0 unspecified atom stereocenters. The molecule has 0 aromatic heterocycles. The van der Waals surface area contributed by atoms with Crippen molar-refractivity contribution in [2.24, 2.45) is 0 Å². The van der Waals surface area contributed by atoms with Crippen LogP contribution in [-0.4, -0.2) is 6.04 Å². The fraction of sp³-hybridized carbons (Fsp3) is 0.250. The number of hydrogen-bond donors (Lipinski definition) is 1. The van der Waals surface area contributed by atoms with Gasteiger partial charge in [0.05, 0.1) is 5.69 Å². The number of benzene rings is 2. The molecule has 0 radical (unpaired) electrons. The molecule has 1 nitrogen and oxygen atoms in total. The van der Waals surface area contributed by atoms with E-state index < -0.39 is 0 Å². The van der Waals surface area contributed by atoms with Crippen molar-refractivity contribution in [3.8, 4) is 0 Å². The van der Waals surface area contributed by atoms with E-state index in [1.807, 2.05) is 12.1 Å². The molecule has 1 aliphatic rings. The molecule has 0 amide bonds. The quantitative estimate of drug-likeness (QED) is 0.790. The molecule has 0 aliphatic heterocycles. The van der Waals surface area contributed by atoms with Gasteiger partial charge in [0.1, 0.15) is 5.82 Å². The van der Waals surface area contributed by atoms with E-state index >= 15 is 0 Å². The zero-order valence-corrected chi connectivity index (χ0v) is 12.3. The summed E-state index contributed by atoms with van der Waals surface area (Å²) in [6.45, 7) is 0. The number of anilines is 1. The molecule has 0 spiro atoms. The second-order valence-corrected chi connectivity index (χ2v) is 6.06. The molecule has 1 saturated carbocycles. The normalized spacial score (nSPS) is 21.4. The van der Waals surface area contributed by atoms with Crippen molar-refractivity contribution in [1.29, 1.82) is 0 Å². The van der Waals surface area contributed by atoms with Crippen LogP contribution in [0, 0.1) is 5.82 Å². The Morgan fingerprint density at radius 3 is 2.30 bits per heavy atom. The second kappa shape index (κ2) is 5.63. The Kier molecular flexibility index (Phi) is 3.86. The van der Waals surface area contributed by atoms with Gasteiger partial charge >= 0.3 is 0 Å². The van der Waals surface area contributed by atoms with Gasteiger partial charge in [0.25, 0.3) is 0 Å². The lowest BCUT2D eigenvalue weighted by Gasteiger charge is -2.37. The van der Waals surface area contributed by atoms with E-state index in [0.717, 1.165) is 17.9 Å². The molecular weight excluding hydrogens is 296 g/mol. The van der Waals surface area contributed by atoms with Gasteiger partial charge in [0.15, 0.2) is 0 Å². The predicted molar refractivity (Wildman–Crippen MR) is 82.2 cm³/mol. The van der Waals surface area contributed by atoms with Gasteiger partial charge in [-0.25, -0.2) is 4.39 Å². The van der Waals surface area contributed by atoms with Crippen LogP contribution in [0.25, 0.3) is 0 Å². The van der Waals surface area contributed by atoms with E-state index in [2.05, 4.69) is 17.4 Å². The van der Waals surface area contributed by atoms with Gasteiger partial charge in [-0.2, -0.15) is 0 Å². The van der Waals surface area contributed by atoms with Crippen LogP contribution in [0.5, 0.6) is 0 Å². The van der Waals surface area contributed by atoms with E-state index in [0.29, 0.717) is 22.7 Å². The predicted octanol–water partition coefficient (Wildman–Crippen LogP) is 5.49. The molecule has 1 fully saturated rings. The van der Waals surface area contributed by atoms with Gasteiger partial charge in [0.2, 0.25) is 0 Å². The van der Waals surface area contributed by atoms with E-state index in [4.69, 9.17) is 23.2 Å². The Hall–Kier alpha value is -1.25. The first-order valence-electron chi connectivity index (χ1n) is 6.59. The average molecular weight is 310 g/mol. The molecular formula is C16H14Cl2FN. The minimum absolute atomic E-state index is 0.260. The third-order valence-electron chi connectivity index (χ3n) is 3.77. The summed E-state index contributed by atoms with van der Waals surface area (Å²) in [4.78, 5) is 0. The van der Waals surface area contributed by atoms with Crippen molar-refractivity contribution in [3.63, 3.8) is 0 Å². The standard InChI is InChI=1S/C16H14Cl2FN/c17-12-3-1-10(2-4-12)11-7-14(8-11)20-16-9-13(18)5-6-15(16)19/h1-6,9,11,14,20H,7-8H2. The van der Waals surface area contributed by atoms with Crippen LogP contribution in [0.4, 0.5) is 10.1 Å². The maximum Gasteiger partial charge on any atom is 0.146 e. The summed E-state index contributed by atoms with van der Waals surface area (Å²) in [5, 5.41) is 4.51. The van der Waals surface area contributed by atoms with Crippen molar-refractivity contribution in [1.82, 2.24) is 0 Å². The highest BCUT2D eigenvalue weighted by atomic mass is 35.5. The third kappa shape index (κ3) is 2.92. The monoisotopic (exact) mass is 309 g/mol. The topological polar surface area (TPSA) is 12.0 Å². The van der Waals surface area contributed by atoms with Gasteiger partial charge < -0.3 is 5.32 Å². The maximum atomic E-state index is 13.6. The van der Waals surface area contributed by atoms with Crippen LogP contribution in [0.3, 0.4) is 0 Å². The molecule has 1 aliphatic carbocycles. The maximum absolute atomic E-state index is 13.6. The highest BCUT2D eigenvalue weighted by molar-refractivity contribution is 6.31. The van der Waals surface area contributed by atoms with Crippen molar-refractivity contribution in [2.45, 2.75) is 24.8 Å². The molecule has 1 N–H and O–H groups in total.